The first-order chi connectivity index (χ1) is 14.0. The summed E-state index contributed by atoms with van der Waals surface area (Å²) in [5.74, 6) is -1.63. The van der Waals surface area contributed by atoms with Gasteiger partial charge in [0.25, 0.3) is 5.91 Å². The predicted molar refractivity (Wildman–Crippen MR) is 115 cm³/mol. The third-order valence-electron chi connectivity index (χ3n) is 4.57. The Balaban J connectivity index is 2.31. The molecule has 0 heterocycles. The zero-order valence-corrected chi connectivity index (χ0v) is 18.2. The van der Waals surface area contributed by atoms with Gasteiger partial charge in [0.05, 0.1) is 23.2 Å². The molecule has 0 bridgehead atoms. The first-order valence-corrected chi connectivity index (χ1v) is 11.3. The molecule has 0 saturated heterocycles. The average Bonchev–Trinajstić information content (AvgIpc) is 2.67. The van der Waals surface area contributed by atoms with Crippen LogP contribution in [0.5, 0.6) is 0 Å². The summed E-state index contributed by atoms with van der Waals surface area (Å²) in [7, 11) is -3.89. The van der Waals surface area contributed by atoms with Crippen molar-refractivity contribution in [2.24, 2.45) is 0 Å². The van der Waals surface area contributed by atoms with Gasteiger partial charge in [-0.15, -0.1) is 0 Å². The van der Waals surface area contributed by atoms with Crippen LogP contribution in [0.2, 0.25) is 0 Å². The monoisotopic (exact) mass is 435 g/mol. The smallest absolute Gasteiger partial charge is 0.253 e. The lowest BCUT2D eigenvalue weighted by molar-refractivity contribution is -0.116. The molecule has 162 valence electrons. The quantitative estimate of drug-likeness (QED) is 0.666. The molecule has 0 fully saturated rings. The molecular formula is C21H26FN3O4S. The van der Waals surface area contributed by atoms with Crippen molar-refractivity contribution in [1.82, 2.24) is 5.32 Å². The molecule has 30 heavy (non-hydrogen) atoms. The van der Waals surface area contributed by atoms with Crippen molar-refractivity contribution in [3.8, 4) is 0 Å². The summed E-state index contributed by atoms with van der Waals surface area (Å²) in [5.41, 5.74) is 0.542. The Morgan fingerprint density at radius 2 is 1.77 bits per heavy atom. The predicted octanol–water partition coefficient (Wildman–Crippen LogP) is 3.15. The van der Waals surface area contributed by atoms with Gasteiger partial charge >= 0.3 is 0 Å². The van der Waals surface area contributed by atoms with Gasteiger partial charge in [-0.2, -0.15) is 0 Å². The van der Waals surface area contributed by atoms with Crippen LogP contribution in [0.25, 0.3) is 0 Å². The third-order valence-corrected chi connectivity index (χ3v) is 5.81. The Morgan fingerprint density at radius 3 is 2.37 bits per heavy atom. The molecule has 9 heteroatoms. The van der Waals surface area contributed by atoms with Crippen molar-refractivity contribution in [3.05, 3.63) is 59.9 Å². The Hall–Kier alpha value is -2.94. The first-order valence-electron chi connectivity index (χ1n) is 9.50. The zero-order valence-electron chi connectivity index (χ0n) is 17.3. The summed E-state index contributed by atoms with van der Waals surface area (Å²) in [6, 6.07) is 10.2. The van der Waals surface area contributed by atoms with E-state index in [-0.39, 0.29) is 28.9 Å². The van der Waals surface area contributed by atoms with Gasteiger partial charge in [0, 0.05) is 6.04 Å². The van der Waals surface area contributed by atoms with Crippen LogP contribution >= 0.6 is 0 Å². The Bertz CT molecular complexity index is 1030. The molecule has 2 amide bonds. The number of rotatable bonds is 8. The van der Waals surface area contributed by atoms with Gasteiger partial charge in [0.2, 0.25) is 15.9 Å². The van der Waals surface area contributed by atoms with E-state index in [1.165, 1.54) is 25.1 Å². The van der Waals surface area contributed by atoms with Crippen molar-refractivity contribution < 1.29 is 22.4 Å². The number of benzene rings is 2. The molecule has 0 spiro atoms. The summed E-state index contributed by atoms with van der Waals surface area (Å²) in [4.78, 5) is 25.4. The number of sulfonamides is 1. The van der Waals surface area contributed by atoms with Crippen molar-refractivity contribution in [3.63, 3.8) is 0 Å². The number of hydrogen-bond donors (Lipinski definition) is 2. The molecule has 0 saturated carbocycles. The summed E-state index contributed by atoms with van der Waals surface area (Å²) >= 11 is 0. The summed E-state index contributed by atoms with van der Waals surface area (Å²) in [6.07, 6.45) is 1.68. The molecule has 2 atom stereocenters. The second kappa shape index (κ2) is 9.71. The van der Waals surface area contributed by atoms with Gasteiger partial charge in [0.15, 0.2) is 0 Å². The number of carbonyl (C=O) groups is 2. The van der Waals surface area contributed by atoms with Gasteiger partial charge in [-0.1, -0.05) is 25.1 Å². The number of nitrogens with one attached hydrogen (secondary N) is 2. The molecule has 2 aromatic carbocycles. The van der Waals surface area contributed by atoms with Crippen LogP contribution in [-0.4, -0.2) is 38.6 Å². The molecule has 2 rings (SSSR count). The normalized spacial score (nSPS) is 13.2. The van der Waals surface area contributed by atoms with Crippen LogP contribution in [0.4, 0.5) is 15.8 Å². The molecule has 0 aliphatic rings. The van der Waals surface area contributed by atoms with E-state index in [4.69, 9.17) is 0 Å². The van der Waals surface area contributed by atoms with E-state index in [0.29, 0.717) is 0 Å². The van der Waals surface area contributed by atoms with Gasteiger partial charge < -0.3 is 10.6 Å². The van der Waals surface area contributed by atoms with Gasteiger partial charge in [-0.25, -0.2) is 12.8 Å². The number of nitrogens with zero attached hydrogens (tertiary/aromatic N) is 1. The van der Waals surface area contributed by atoms with Crippen LogP contribution in [0.15, 0.2) is 48.5 Å². The second-order valence-electron chi connectivity index (χ2n) is 7.03. The number of amides is 2. The molecule has 7 nitrogen and oxygen atoms in total. The molecule has 0 aromatic heterocycles. The molecule has 2 aromatic rings. The van der Waals surface area contributed by atoms with Crippen molar-refractivity contribution in [2.45, 2.75) is 39.3 Å². The highest BCUT2D eigenvalue weighted by Gasteiger charge is 2.30. The van der Waals surface area contributed by atoms with Crippen LogP contribution in [-0.2, 0) is 14.8 Å². The van der Waals surface area contributed by atoms with E-state index in [1.807, 2.05) is 13.8 Å². The SMILES string of the molecule is CC[C@@H](C)NC(=O)c1ccccc1NC(=O)[C@@H](C)N(c1cccc(F)c1)S(C)(=O)=O. The van der Waals surface area contributed by atoms with Crippen LogP contribution < -0.4 is 14.9 Å². The van der Waals surface area contributed by atoms with Crippen LogP contribution in [0.3, 0.4) is 0 Å². The molecule has 2 N–H and O–H groups in total. The fourth-order valence-electron chi connectivity index (χ4n) is 2.85. The summed E-state index contributed by atoms with van der Waals surface area (Å²) < 4.78 is 39.1. The minimum absolute atomic E-state index is 0.0305. The Labute approximate surface area is 176 Å². The second-order valence-corrected chi connectivity index (χ2v) is 8.89. The number of para-hydroxylation sites is 1. The number of anilines is 2. The van der Waals surface area contributed by atoms with Gasteiger partial charge in [0.1, 0.15) is 11.9 Å². The van der Waals surface area contributed by atoms with E-state index in [2.05, 4.69) is 10.6 Å². The summed E-state index contributed by atoms with van der Waals surface area (Å²) in [6.45, 7) is 5.19. The molecule has 0 aliphatic carbocycles. The minimum atomic E-state index is -3.89. The van der Waals surface area contributed by atoms with Crippen LogP contribution in [0, 0.1) is 5.82 Å². The minimum Gasteiger partial charge on any atom is -0.350 e. The van der Waals surface area contributed by atoms with Crippen molar-refractivity contribution in [2.75, 3.05) is 15.9 Å². The van der Waals surface area contributed by atoms with Gasteiger partial charge in [-0.3, -0.25) is 13.9 Å². The van der Waals surface area contributed by atoms with Crippen LogP contribution in [0.1, 0.15) is 37.6 Å². The van der Waals surface area contributed by atoms with E-state index in [1.54, 1.807) is 24.3 Å². The Morgan fingerprint density at radius 1 is 1.10 bits per heavy atom. The molecule has 0 aliphatic heterocycles. The third kappa shape index (κ3) is 5.79. The zero-order chi connectivity index (χ0) is 22.5. The number of hydrogen-bond acceptors (Lipinski definition) is 4. The largest absolute Gasteiger partial charge is 0.350 e. The fraction of sp³-hybridized carbons (Fsp3) is 0.333. The lowest BCUT2D eigenvalue weighted by Crippen LogP contribution is -2.45. The summed E-state index contributed by atoms with van der Waals surface area (Å²) in [5, 5.41) is 5.45. The Kier molecular flexibility index (Phi) is 7.55. The molecular weight excluding hydrogens is 409 g/mol. The first kappa shape index (κ1) is 23.3. The topological polar surface area (TPSA) is 95.6 Å². The van der Waals surface area contributed by atoms with E-state index in [0.717, 1.165) is 23.0 Å². The van der Waals surface area contributed by atoms with Crippen molar-refractivity contribution >= 4 is 33.2 Å². The maximum Gasteiger partial charge on any atom is 0.253 e. The highest BCUT2D eigenvalue weighted by atomic mass is 32.2. The fourth-order valence-corrected chi connectivity index (χ4v) is 4.02. The van der Waals surface area contributed by atoms with E-state index in [9.17, 15) is 22.4 Å². The van der Waals surface area contributed by atoms with E-state index < -0.39 is 27.8 Å². The number of carbonyl (C=O) groups excluding carboxylic acids is 2. The average molecular weight is 436 g/mol. The maximum absolute atomic E-state index is 13.6. The lowest BCUT2D eigenvalue weighted by atomic mass is 10.1. The highest BCUT2D eigenvalue weighted by molar-refractivity contribution is 7.92. The molecule has 0 radical (unpaired) electrons. The lowest BCUT2D eigenvalue weighted by Gasteiger charge is -2.28. The molecule has 0 unspecified atom stereocenters. The van der Waals surface area contributed by atoms with Crippen molar-refractivity contribution in [1.29, 1.82) is 0 Å². The number of halogens is 1. The standard InChI is InChI=1S/C21H26FN3O4S/c1-5-14(2)23-21(27)18-11-6-7-12-19(18)24-20(26)15(3)25(30(4,28)29)17-10-8-9-16(22)13-17/h6-15H,5H2,1-4H3,(H,23,27)(H,24,26)/t14-,15-/m1/s1. The van der Waals surface area contributed by atoms with E-state index >= 15 is 0 Å². The maximum atomic E-state index is 13.6. The van der Waals surface area contributed by atoms with Gasteiger partial charge in [-0.05, 0) is 50.6 Å². The highest BCUT2D eigenvalue weighted by Crippen LogP contribution is 2.23.